The summed E-state index contributed by atoms with van der Waals surface area (Å²) in [5, 5.41) is 3.12. The average Bonchev–Trinajstić information content (AvgIpc) is 2.75. The second kappa shape index (κ2) is 5.51. The Morgan fingerprint density at radius 3 is 2.84 bits per heavy atom. The van der Waals surface area contributed by atoms with Gasteiger partial charge in [0.25, 0.3) is 0 Å². The molecule has 104 valence electrons. The molecule has 19 heavy (non-hydrogen) atoms. The predicted molar refractivity (Wildman–Crippen MR) is 74.4 cm³/mol. The largest absolute Gasteiger partial charge is 0.459 e. The van der Waals surface area contributed by atoms with Gasteiger partial charge in [-0.25, -0.2) is 4.39 Å². The van der Waals surface area contributed by atoms with E-state index in [9.17, 15) is 9.18 Å². The van der Waals surface area contributed by atoms with E-state index < -0.39 is 5.60 Å². The summed E-state index contributed by atoms with van der Waals surface area (Å²) in [4.78, 5) is 11.9. The number of nitrogens with one attached hydrogen (secondary N) is 1. The Labute approximate surface area is 116 Å². The minimum atomic E-state index is -0.486. The summed E-state index contributed by atoms with van der Waals surface area (Å²) < 4.78 is 18.5. The highest BCUT2D eigenvalue weighted by atomic mass is 32.2. The molecule has 2 rings (SSSR count). The number of benzene rings is 1. The summed E-state index contributed by atoms with van der Waals surface area (Å²) in [6, 6.07) is 6.09. The first-order valence-corrected chi connectivity index (χ1v) is 7.26. The molecule has 1 heterocycles. The van der Waals surface area contributed by atoms with E-state index in [1.54, 1.807) is 17.8 Å². The zero-order valence-corrected chi connectivity index (χ0v) is 12.1. The first-order chi connectivity index (χ1) is 8.85. The number of rotatable bonds is 2. The van der Waals surface area contributed by atoms with E-state index >= 15 is 0 Å². The van der Waals surface area contributed by atoms with Crippen LogP contribution in [0.15, 0.2) is 24.3 Å². The number of hydrogen-bond donors (Lipinski definition) is 1. The van der Waals surface area contributed by atoms with Crippen molar-refractivity contribution in [1.29, 1.82) is 0 Å². The van der Waals surface area contributed by atoms with Crippen LogP contribution in [-0.2, 0) is 9.53 Å². The molecule has 0 amide bonds. The van der Waals surface area contributed by atoms with E-state index in [-0.39, 0.29) is 23.2 Å². The van der Waals surface area contributed by atoms with Gasteiger partial charge >= 0.3 is 5.97 Å². The van der Waals surface area contributed by atoms with Crippen LogP contribution in [0, 0.1) is 5.82 Å². The molecule has 0 bridgehead atoms. The van der Waals surface area contributed by atoms with Crippen LogP contribution in [0.25, 0.3) is 0 Å². The van der Waals surface area contributed by atoms with E-state index in [2.05, 4.69) is 5.32 Å². The number of ether oxygens (including phenoxy) is 1. The van der Waals surface area contributed by atoms with E-state index in [1.165, 1.54) is 12.1 Å². The van der Waals surface area contributed by atoms with Crippen molar-refractivity contribution in [1.82, 2.24) is 5.32 Å². The highest BCUT2D eigenvalue weighted by molar-refractivity contribution is 7.99. The molecule has 0 saturated carbocycles. The molecular weight excluding hydrogens is 265 g/mol. The molecule has 1 N–H and O–H groups in total. The highest BCUT2D eigenvalue weighted by Crippen LogP contribution is 2.33. The van der Waals surface area contributed by atoms with Crippen LogP contribution in [0.4, 0.5) is 4.39 Å². The molecule has 1 aromatic rings. The van der Waals surface area contributed by atoms with Gasteiger partial charge in [0.1, 0.15) is 17.5 Å². The smallest absolute Gasteiger partial charge is 0.324 e. The Morgan fingerprint density at radius 2 is 2.21 bits per heavy atom. The Hall–Kier alpha value is -1.07. The summed E-state index contributed by atoms with van der Waals surface area (Å²) in [5.74, 6) is 0.121. The topological polar surface area (TPSA) is 38.3 Å². The number of carbonyl (C=O) groups excluding carboxylic acids is 1. The van der Waals surface area contributed by atoms with E-state index in [1.807, 2.05) is 26.8 Å². The highest BCUT2D eigenvalue weighted by Gasteiger charge is 2.33. The van der Waals surface area contributed by atoms with Crippen molar-refractivity contribution < 1.29 is 13.9 Å². The van der Waals surface area contributed by atoms with Crippen molar-refractivity contribution in [3.63, 3.8) is 0 Å². The fraction of sp³-hybridized carbons (Fsp3) is 0.500. The molecule has 1 aromatic carbocycles. The second-order valence-electron chi connectivity index (χ2n) is 5.52. The minimum Gasteiger partial charge on any atom is -0.459 e. The lowest BCUT2D eigenvalue weighted by Crippen LogP contribution is -2.39. The Bertz CT molecular complexity index is 473. The van der Waals surface area contributed by atoms with Crippen molar-refractivity contribution >= 4 is 17.7 Å². The SMILES string of the molecule is CC(C)(C)OC(=O)[C@@H]1CSC(c2cccc(F)c2)N1. The zero-order valence-electron chi connectivity index (χ0n) is 11.3. The first-order valence-electron chi connectivity index (χ1n) is 6.21. The van der Waals surface area contributed by atoms with Gasteiger partial charge in [0.2, 0.25) is 0 Å². The predicted octanol–water partition coefficient (Wildman–Crippen LogP) is 2.87. The molecular formula is C14H18FNO2S. The number of esters is 1. The molecule has 1 fully saturated rings. The van der Waals surface area contributed by atoms with Crippen LogP contribution in [0.2, 0.25) is 0 Å². The Morgan fingerprint density at radius 1 is 1.47 bits per heavy atom. The molecule has 1 aliphatic rings. The maximum atomic E-state index is 13.2. The maximum Gasteiger partial charge on any atom is 0.324 e. The molecule has 1 unspecified atom stereocenters. The lowest BCUT2D eigenvalue weighted by Gasteiger charge is -2.22. The second-order valence-corrected chi connectivity index (χ2v) is 6.66. The third-order valence-corrected chi connectivity index (χ3v) is 3.89. The molecule has 3 nitrogen and oxygen atoms in total. The van der Waals surface area contributed by atoms with Crippen LogP contribution < -0.4 is 5.32 Å². The molecule has 5 heteroatoms. The normalized spacial score (nSPS) is 23.4. The standard InChI is InChI=1S/C14H18FNO2S/c1-14(2,3)18-13(17)11-8-19-12(16-11)9-5-4-6-10(15)7-9/h4-7,11-12,16H,8H2,1-3H3/t11-,12?/m0/s1. The van der Waals surface area contributed by atoms with E-state index in [0.717, 1.165) is 5.56 Å². The fourth-order valence-corrected chi connectivity index (χ4v) is 3.06. The number of thioether (sulfide) groups is 1. The fourth-order valence-electron chi connectivity index (χ4n) is 1.84. The molecule has 1 saturated heterocycles. The zero-order chi connectivity index (χ0) is 14.0. The lowest BCUT2D eigenvalue weighted by molar-refractivity contribution is -0.156. The molecule has 0 aliphatic carbocycles. The van der Waals surface area contributed by atoms with Gasteiger partial charge in [-0.1, -0.05) is 12.1 Å². The summed E-state index contributed by atoms with van der Waals surface area (Å²) in [5.41, 5.74) is 0.358. The minimum absolute atomic E-state index is 0.0618. The maximum absolute atomic E-state index is 13.2. The van der Waals surface area contributed by atoms with Gasteiger partial charge in [-0.15, -0.1) is 11.8 Å². The van der Waals surface area contributed by atoms with Crippen LogP contribution >= 0.6 is 11.8 Å². The van der Waals surface area contributed by atoms with Gasteiger partial charge in [0.15, 0.2) is 0 Å². The first kappa shape index (κ1) is 14.3. The van der Waals surface area contributed by atoms with E-state index in [0.29, 0.717) is 5.75 Å². The summed E-state index contributed by atoms with van der Waals surface area (Å²) in [6.07, 6.45) is 0. The van der Waals surface area contributed by atoms with Crippen LogP contribution in [0.3, 0.4) is 0 Å². The number of halogens is 1. The van der Waals surface area contributed by atoms with Crippen LogP contribution in [0.5, 0.6) is 0 Å². The quantitative estimate of drug-likeness (QED) is 0.847. The molecule has 0 spiro atoms. The van der Waals surface area contributed by atoms with Gasteiger partial charge in [-0.05, 0) is 38.5 Å². The number of hydrogen-bond acceptors (Lipinski definition) is 4. The van der Waals surface area contributed by atoms with Crippen LogP contribution in [0.1, 0.15) is 31.7 Å². The lowest BCUT2D eigenvalue weighted by atomic mass is 10.2. The summed E-state index contributed by atoms with van der Waals surface area (Å²) in [6.45, 7) is 5.53. The van der Waals surface area contributed by atoms with Gasteiger partial charge in [0.05, 0.1) is 5.37 Å². The molecule has 0 aromatic heterocycles. The third kappa shape index (κ3) is 3.94. The van der Waals surface area contributed by atoms with E-state index in [4.69, 9.17) is 4.74 Å². The Kier molecular flexibility index (Phi) is 4.16. The van der Waals surface area contributed by atoms with Gasteiger partial charge in [-0.3, -0.25) is 10.1 Å². The molecule has 2 atom stereocenters. The van der Waals surface area contributed by atoms with Crippen molar-refractivity contribution in [2.75, 3.05) is 5.75 Å². The van der Waals surface area contributed by atoms with Crippen LogP contribution in [-0.4, -0.2) is 23.4 Å². The van der Waals surface area contributed by atoms with Crippen molar-refractivity contribution in [3.05, 3.63) is 35.6 Å². The molecule has 0 radical (unpaired) electrons. The Balaban J connectivity index is 1.98. The molecule has 1 aliphatic heterocycles. The summed E-state index contributed by atoms with van der Waals surface area (Å²) in [7, 11) is 0. The number of carbonyl (C=O) groups is 1. The van der Waals surface area contributed by atoms with Gasteiger partial charge < -0.3 is 4.74 Å². The van der Waals surface area contributed by atoms with Crippen molar-refractivity contribution in [2.24, 2.45) is 0 Å². The monoisotopic (exact) mass is 283 g/mol. The van der Waals surface area contributed by atoms with Gasteiger partial charge in [0, 0.05) is 5.75 Å². The third-order valence-electron chi connectivity index (χ3n) is 2.62. The summed E-state index contributed by atoms with van der Waals surface area (Å²) >= 11 is 1.59. The average molecular weight is 283 g/mol. The van der Waals surface area contributed by atoms with Crippen molar-refractivity contribution in [3.8, 4) is 0 Å². The van der Waals surface area contributed by atoms with Crippen molar-refractivity contribution in [2.45, 2.75) is 37.8 Å². The van der Waals surface area contributed by atoms with Gasteiger partial charge in [-0.2, -0.15) is 0 Å².